The third-order valence-electron chi connectivity index (χ3n) is 3.99. The molecule has 3 nitrogen and oxygen atoms in total. The summed E-state index contributed by atoms with van der Waals surface area (Å²) >= 11 is 0. The molecular weight excluding hydrogens is 265 g/mol. The molecular formula is C17H16FN3. The van der Waals surface area contributed by atoms with Crippen LogP contribution in [0.15, 0.2) is 36.4 Å². The Balaban J connectivity index is 2.03. The minimum atomic E-state index is -0.280. The quantitative estimate of drug-likeness (QED) is 0.720. The highest BCUT2D eigenvalue weighted by atomic mass is 19.1. The molecule has 106 valence electrons. The first-order valence-electron chi connectivity index (χ1n) is 7.17. The van der Waals surface area contributed by atoms with E-state index in [-0.39, 0.29) is 5.82 Å². The van der Waals surface area contributed by atoms with Crippen molar-refractivity contribution >= 4 is 16.7 Å². The summed E-state index contributed by atoms with van der Waals surface area (Å²) in [6.45, 7) is 2.04. The first kappa shape index (κ1) is 12.4. The van der Waals surface area contributed by atoms with Crippen molar-refractivity contribution in [2.45, 2.75) is 25.8 Å². The number of benzene rings is 2. The lowest BCUT2D eigenvalue weighted by Crippen LogP contribution is -2.00. The van der Waals surface area contributed by atoms with Gasteiger partial charge < -0.3 is 10.3 Å². The maximum atomic E-state index is 14.2. The van der Waals surface area contributed by atoms with E-state index in [0.29, 0.717) is 23.1 Å². The molecule has 1 aromatic heterocycles. The number of halogens is 1. The Hall–Kier alpha value is -2.36. The summed E-state index contributed by atoms with van der Waals surface area (Å²) in [5, 5.41) is 0. The van der Waals surface area contributed by atoms with E-state index in [2.05, 4.69) is 21.7 Å². The molecule has 4 rings (SSSR count). The van der Waals surface area contributed by atoms with Gasteiger partial charge in [-0.15, -0.1) is 0 Å². The van der Waals surface area contributed by atoms with Gasteiger partial charge in [-0.05, 0) is 55.7 Å². The highest BCUT2D eigenvalue weighted by Crippen LogP contribution is 2.42. The summed E-state index contributed by atoms with van der Waals surface area (Å²) in [6.07, 6.45) is 2.24. The van der Waals surface area contributed by atoms with E-state index in [1.807, 2.05) is 13.0 Å². The minimum Gasteiger partial charge on any atom is -0.399 e. The molecule has 1 aliphatic rings. The number of aromatic nitrogens is 2. The van der Waals surface area contributed by atoms with Crippen molar-refractivity contribution in [2.75, 3.05) is 5.73 Å². The number of hydrogen-bond acceptors (Lipinski definition) is 2. The third kappa shape index (κ3) is 1.98. The molecule has 0 unspecified atom stereocenters. The van der Waals surface area contributed by atoms with Crippen molar-refractivity contribution in [3.63, 3.8) is 0 Å². The lowest BCUT2D eigenvalue weighted by molar-refractivity contribution is 0.627. The number of nitrogens with zero attached hydrogens (tertiary/aromatic N) is 2. The van der Waals surface area contributed by atoms with Crippen LogP contribution in [0.3, 0.4) is 0 Å². The predicted molar refractivity (Wildman–Crippen MR) is 82.5 cm³/mol. The molecule has 1 saturated carbocycles. The van der Waals surface area contributed by atoms with Gasteiger partial charge in [-0.2, -0.15) is 0 Å². The number of rotatable bonds is 2. The number of anilines is 1. The third-order valence-corrected chi connectivity index (χ3v) is 3.99. The van der Waals surface area contributed by atoms with Crippen LogP contribution in [0.4, 0.5) is 10.1 Å². The van der Waals surface area contributed by atoms with Crippen LogP contribution in [0.25, 0.3) is 22.4 Å². The van der Waals surface area contributed by atoms with Crippen molar-refractivity contribution in [3.8, 4) is 11.4 Å². The number of fused-ring (bicyclic) bond motifs is 1. The van der Waals surface area contributed by atoms with E-state index < -0.39 is 0 Å². The topological polar surface area (TPSA) is 43.8 Å². The Morgan fingerprint density at radius 3 is 2.76 bits per heavy atom. The van der Waals surface area contributed by atoms with Gasteiger partial charge in [-0.3, -0.25) is 0 Å². The molecule has 21 heavy (non-hydrogen) atoms. The van der Waals surface area contributed by atoms with Crippen LogP contribution in [0, 0.1) is 12.7 Å². The van der Waals surface area contributed by atoms with Crippen LogP contribution in [0.5, 0.6) is 0 Å². The standard InChI is InChI=1S/C17H16FN3/c1-10-2-7-16-15(8-10)20-17(21(16)12-4-5-12)13-9-11(19)3-6-14(13)18/h2-3,6-9,12H,4-5,19H2,1H3. The number of nitrogens with two attached hydrogens (primary N) is 1. The second kappa shape index (κ2) is 4.32. The molecule has 1 fully saturated rings. The Kier molecular flexibility index (Phi) is 2.55. The summed E-state index contributed by atoms with van der Waals surface area (Å²) in [4.78, 5) is 4.67. The fourth-order valence-corrected chi connectivity index (χ4v) is 2.82. The number of hydrogen-bond donors (Lipinski definition) is 1. The molecule has 1 aliphatic carbocycles. The smallest absolute Gasteiger partial charge is 0.144 e. The van der Waals surface area contributed by atoms with Gasteiger partial charge in [0.05, 0.1) is 16.6 Å². The van der Waals surface area contributed by atoms with Gasteiger partial charge in [0.15, 0.2) is 0 Å². The molecule has 0 atom stereocenters. The van der Waals surface area contributed by atoms with Gasteiger partial charge in [0.1, 0.15) is 11.6 Å². The average molecular weight is 281 g/mol. The van der Waals surface area contributed by atoms with E-state index >= 15 is 0 Å². The Morgan fingerprint density at radius 1 is 1.19 bits per heavy atom. The van der Waals surface area contributed by atoms with Crippen molar-refractivity contribution in [1.82, 2.24) is 9.55 Å². The van der Waals surface area contributed by atoms with Crippen molar-refractivity contribution in [2.24, 2.45) is 0 Å². The van der Waals surface area contributed by atoms with E-state index in [9.17, 15) is 4.39 Å². The summed E-state index contributed by atoms with van der Waals surface area (Å²) in [5.41, 5.74) is 10.00. The van der Waals surface area contributed by atoms with Gasteiger partial charge in [-0.25, -0.2) is 9.37 Å². The zero-order chi connectivity index (χ0) is 14.6. The Bertz CT molecular complexity index is 847. The Labute approximate surface area is 122 Å². The largest absolute Gasteiger partial charge is 0.399 e. The molecule has 0 radical (unpaired) electrons. The van der Waals surface area contributed by atoms with Gasteiger partial charge in [0, 0.05) is 11.7 Å². The maximum absolute atomic E-state index is 14.2. The fraction of sp³-hybridized carbons (Fsp3) is 0.235. The SMILES string of the molecule is Cc1ccc2c(c1)nc(-c1cc(N)ccc1F)n2C1CC1. The number of nitrogen functional groups attached to an aromatic ring is 1. The molecule has 0 amide bonds. The van der Waals surface area contributed by atoms with E-state index in [1.54, 1.807) is 12.1 Å². The molecule has 2 N–H and O–H groups in total. The van der Waals surface area contributed by atoms with E-state index in [4.69, 9.17) is 5.73 Å². The molecule has 2 aromatic carbocycles. The summed E-state index contributed by atoms with van der Waals surface area (Å²) in [5.74, 6) is 0.404. The second-order valence-electron chi connectivity index (χ2n) is 5.77. The lowest BCUT2D eigenvalue weighted by Gasteiger charge is -2.09. The van der Waals surface area contributed by atoms with Crippen LogP contribution in [-0.4, -0.2) is 9.55 Å². The molecule has 0 saturated heterocycles. The highest BCUT2D eigenvalue weighted by molar-refractivity contribution is 5.82. The maximum Gasteiger partial charge on any atom is 0.144 e. The van der Waals surface area contributed by atoms with Gasteiger partial charge in [0.25, 0.3) is 0 Å². The zero-order valence-corrected chi connectivity index (χ0v) is 11.8. The van der Waals surface area contributed by atoms with Gasteiger partial charge in [-0.1, -0.05) is 6.07 Å². The zero-order valence-electron chi connectivity index (χ0n) is 11.8. The van der Waals surface area contributed by atoms with Gasteiger partial charge in [0.2, 0.25) is 0 Å². The molecule has 4 heteroatoms. The monoisotopic (exact) mass is 281 g/mol. The summed E-state index contributed by atoms with van der Waals surface area (Å²) in [6, 6.07) is 11.3. The summed E-state index contributed by atoms with van der Waals surface area (Å²) < 4.78 is 16.4. The first-order chi connectivity index (χ1) is 10.1. The summed E-state index contributed by atoms with van der Waals surface area (Å²) in [7, 11) is 0. The molecule has 3 aromatic rings. The number of imidazole rings is 1. The van der Waals surface area contributed by atoms with Crippen LogP contribution < -0.4 is 5.73 Å². The normalized spacial score (nSPS) is 14.8. The Morgan fingerprint density at radius 2 is 2.00 bits per heavy atom. The first-order valence-corrected chi connectivity index (χ1v) is 7.17. The fourth-order valence-electron chi connectivity index (χ4n) is 2.82. The van der Waals surface area contributed by atoms with E-state index in [0.717, 1.165) is 29.4 Å². The number of aryl methyl sites for hydroxylation is 1. The molecule has 0 aliphatic heterocycles. The average Bonchev–Trinajstić information content (AvgIpc) is 3.22. The molecule has 0 spiro atoms. The lowest BCUT2D eigenvalue weighted by atomic mass is 10.1. The van der Waals surface area contributed by atoms with Crippen LogP contribution in [0.1, 0.15) is 24.4 Å². The van der Waals surface area contributed by atoms with Crippen LogP contribution >= 0.6 is 0 Å². The predicted octanol–water partition coefficient (Wildman–Crippen LogP) is 4.07. The van der Waals surface area contributed by atoms with Crippen molar-refractivity contribution in [1.29, 1.82) is 0 Å². The van der Waals surface area contributed by atoms with Crippen LogP contribution in [0.2, 0.25) is 0 Å². The highest BCUT2D eigenvalue weighted by Gasteiger charge is 2.29. The van der Waals surface area contributed by atoms with Crippen molar-refractivity contribution < 1.29 is 4.39 Å². The van der Waals surface area contributed by atoms with Crippen molar-refractivity contribution in [3.05, 3.63) is 47.8 Å². The minimum absolute atomic E-state index is 0.280. The second-order valence-corrected chi connectivity index (χ2v) is 5.77. The van der Waals surface area contributed by atoms with Gasteiger partial charge >= 0.3 is 0 Å². The molecule has 1 heterocycles. The van der Waals surface area contributed by atoms with E-state index in [1.165, 1.54) is 6.07 Å². The molecule has 0 bridgehead atoms. The van der Waals surface area contributed by atoms with Crippen LogP contribution in [-0.2, 0) is 0 Å².